The number of ketones is 1. The number of unbranched alkanes of at least 4 members (excludes halogenated alkanes) is 1. The Balaban J connectivity index is 1.94. The van der Waals surface area contributed by atoms with Crippen molar-refractivity contribution in [1.82, 2.24) is 4.31 Å². The first-order chi connectivity index (χ1) is 14.4. The van der Waals surface area contributed by atoms with Gasteiger partial charge in [0.15, 0.2) is 0 Å². The first-order valence-corrected chi connectivity index (χ1v) is 11.4. The Hall–Kier alpha value is -1.88. The largest absolute Gasteiger partial charge is 0.383 e. The molecule has 0 unspecified atom stereocenters. The van der Waals surface area contributed by atoms with Gasteiger partial charge in [0.2, 0.25) is 10.0 Å². The molecule has 0 N–H and O–H groups in total. The molecule has 1 aromatic carbocycles. The molecule has 0 saturated carbocycles. The van der Waals surface area contributed by atoms with Crippen LogP contribution in [0.15, 0.2) is 23.1 Å². The quantitative estimate of drug-likeness (QED) is 0.405. The highest BCUT2D eigenvalue weighted by Gasteiger charge is 2.43. The number of sulfonamides is 1. The molecule has 0 spiro atoms. The second kappa shape index (κ2) is 9.51. The van der Waals surface area contributed by atoms with Crippen molar-refractivity contribution in [3.8, 4) is 0 Å². The maximum absolute atomic E-state index is 13.4. The molecule has 0 radical (unpaired) electrons. The van der Waals surface area contributed by atoms with E-state index in [4.69, 9.17) is 9.47 Å². The summed E-state index contributed by atoms with van der Waals surface area (Å²) in [6.07, 6.45) is 1.99. The molecule has 166 valence electrons. The molecule has 1 amide bonds. The minimum Gasteiger partial charge on any atom is -0.383 e. The Morgan fingerprint density at radius 1 is 1.07 bits per heavy atom. The summed E-state index contributed by atoms with van der Waals surface area (Å²) in [5, 5.41) is 0. The molecule has 8 nitrogen and oxygen atoms in total. The fourth-order valence-corrected chi connectivity index (χ4v) is 6.04. The Labute approximate surface area is 176 Å². The molecule has 2 heterocycles. The Kier molecular flexibility index (Phi) is 7.22. The number of nitrogens with zero attached hydrogens (tertiary/aromatic N) is 2. The van der Waals surface area contributed by atoms with E-state index in [1.165, 1.54) is 41.6 Å². The number of carbonyl (C=O) groups excluding carboxylic acids is 2. The number of benzene rings is 1. The fourth-order valence-electron chi connectivity index (χ4n) is 4.18. The topological polar surface area (TPSA) is 93.2 Å². The second-order valence-corrected chi connectivity index (χ2v) is 9.33. The van der Waals surface area contributed by atoms with E-state index in [2.05, 4.69) is 0 Å². The van der Waals surface area contributed by atoms with Crippen molar-refractivity contribution < 1.29 is 31.9 Å². The zero-order valence-electron chi connectivity index (χ0n) is 17.2. The number of Topliss-reactive ketones (excluding diaryl/α,β-unsaturated/α-hetero) is 1. The third-order valence-electron chi connectivity index (χ3n) is 5.55. The van der Waals surface area contributed by atoms with Crippen LogP contribution in [0, 0.1) is 0 Å². The molecular formula is C20H27FN2O6S. The lowest BCUT2D eigenvalue weighted by Gasteiger charge is -2.29. The minimum absolute atomic E-state index is 0.0443. The lowest BCUT2D eigenvalue weighted by molar-refractivity contribution is -0.114. The predicted octanol–water partition coefficient (Wildman–Crippen LogP) is 1.78. The highest BCUT2D eigenvalue weighted by atomic mass is 32.2. The number of rotatable bonds is 10. The summed E-state index contributed by atoms with van der Waals surface area (Å²) in [4.78, 5) is 26.0. The third kappa shape index (κ3) is 4.14. The normalized spacial score (nSPS) is 22.2. The van der Waals surface area contributed by atoms with Crippen molar-refractivity contribution in [2.45, 2.75) is 42.7 Å². The van der Waals surface area contributed by atoms with E-state index < -0.39 is 28.4 Å². The summed E-state index contributed by atoms with van der Waals surface area (Å²) < 4.78 is 51.1. The van der Waals surface area contributed by atoms with Crippen LogP contribution in [0.3, 0.4) is 0 Å². The summed E-state index contributed by atoms with van der Waals surface area (Å²) in [6, 6.07) is 3.50. The molecule has 2 aliphatic rings. The van der Waals surface area contributed by atoms with Gasteiger partial charge in [0, 0.05) is 32.8 Å². The number of anilines is 1. The van der Waals surface area contributed by atoms with E-state index in [-0.39, 0.29) is 48.7 Å². The van der Waals surface area contributed by atoms with Crippen LogP contribution in [-0.4, -0.2) is 77.1 Å². The first-order valence-electron chi connectivity index (χ1n) is 9.94. The SMILES string of the molecule is COC[C@@H]1CC[C@@H](COC)N1S(=O)(=O)c1ccc2c(c1)C(=O)C(=O)N2CCCCF. The van der Waals surface area contributed by atoms with Gasteiger partial charge in [0.25, 0.3) is 11.7 Å². The van der Waals surface area contributed by atoms with Gasteiger partial charge in [0.1, 0.15) is 0 Å². The number of fused-ring (bicyclic) bond motifs is 1. The van der Waals surface area contributed by atoms with Crippen molar-refractivity contribution in [3.05, 3.63) is 23.8 Å². The van der Waals surface area contributed by atoms with Crippen molar-refractivity contribution in [2.24, 2.45) is 0 Å². The van der Waals surface area contributed by atoms with Gasteiger partial charge in [-0.3, -0.25) is 14.0 Å². The number of ether oxygens (including phenoxy) is 2. The van der Waals surface area contributed by atoms with E-state index in [9.17, 15) is 22.4 Å². The highest BCUT2D eigenvalue weighted by molar-refractivity contribution is 7.89. The van der Waals surface area contributed by atoms with Crippen molar-refractivity contribution >= 4 is 27.4 Å². The molecule has 0 aromatic heterocycles. The van der Waals surface area contributed by atoms with Gasteiger partial charge in [0.05, 0.1) is 36.0 Å². The number of carbonyl (C=O) groups is 2. The maximum Gasteiger partial charge on any atom is 0.299 e. The molecule has 2 atom stereocenters. The van der Waals surface area contributed by atoms with Gasteiger partial charge < -0.3 is 14.4 Å². The van der Waals surface area contributed by atoms with E-state index in [0.29, 0.717) is 24.9 Å². The summed E-state index contributed by atoms with van der Waals surface area (Å²) in [5.74, 6) is -1.46. The number of halogens is 1. The number of hydrogen-bond acceptors (Lipinski definition) is 6. The highest BCUT2D eigenvalue weighted by Crippen LogP contribution is 2.35. The lowest BCUT2D eigenvalue weighted by atomic mass is 10.1. The van der Waals surface area contributed by atoms with Crippen LogP contribution in [0.1, 0.15) is 36.0 Å². The van der Waals surface area contributed by atoms with Gasteiger partial charge in [-0.2, -0.15) is 4.31 Å². The van der Waals surface area contributed by atoms with E-state index in [1.54, 1.807) is 0 Å². The van der Waals surface area contributed by atoms with Crippen LogP contribution < -0.4 is 4.90 Å². The van der Waals surface area contributed by atoms with Crippen molar-refractivity contribution in [1.29, 1.82) is 0 Å². The molecule has 1 fully saturated rings. The fraction of sp³-hybridized carbons (Fsp3) is 0.600. The van der Waals surface area contributed by atoms with Gasteiger partial charge in [-0.05, 0) is 43.9 Å². The second-order valence-electron chi connectivity index (χ2n) is 7.49. The average molecular weight is 443 g/mol. The molecule has 30 heavy (non-hydrogen) atoms. The van der Waals surface area contributed by atoms with Crippen LogP contribution in [0.4, 0.5) is 10.1 Å². The Morgan fingerprint density at radius 3 is 2.27 bits per heavy atom. The Bertz CT molecular complexity index is 893. The number of hydrogen-bond donors (Lipinski definition) is 0. The van der Waals surface area contributed by atoms with Crippen molar-refractivity contribution in [3.63, 3.8) is 0 Å². The average Bonchev–Trinajstić information content (AvgIpc) is 3.23. The molecule has 2 aliphatic heterocycles. The van der Waals surface area contributed by atoms with E-state index in [0.717, 1.165) is 0 Å². The van der Waals surface area contributed by atoms with Crippen LogP contribution in [-0.2, 0) is 24.3 Å². The Morgan fingerprint density at radius 2 is 1.70 bits per heavy atom. The molecule has 1 saturated heterocycles. The molecular weight excluding hydrogens is 415 g/mol. The summed E-state index contributed by atoms with van der Waals surface area (Å²) in [6.45, 7) is 0.223. The smallest absolute Gasteiger partial charge is 0.299 e. The van der Waals surface area contributed by atoms with Crippen LogP contribution >= 0.6 is 0 Å². The van der Waals surface area contributed by atoms with Gasteiger partial charge in [-0.15, -0.1) is 0 Å². The number of methoxy groups -OCH3 is 2. The number of alkyl halides is 1. The first kappa shape index (κ1) is 22.8. The van der Waals surface area contributed by atoms with Gasteiger partial charge in [-0.1, -0.05) is 0 Å². The lowest BCUT2D eigenvalue weighted by Crippen LogP contribution is -2.44. The predicted molar refractivity (Wildman–Crippen MR) is 108 cm³/mol. The number of amides is 1. The van der Waals surface area contributed by atoms with Crippen LogP contribution in [0.2, 0.25) is 0 Å². The van der Waals surface area contributed by atoms with Gasteiger partial charge in [-0.25, -0.2) is 8.42 Å². The van der Waals surface area contributed by atoms with E-state index in [1.807, 2.05) is 0 Å². The van der Waals surface area contributed by atoms with Crippen molar-refractivity contribution in [2.75, 3.05) is 45.6 Å². The molecule has 0 aliphatic carbocycles. The van der Waals surface area contributed by atoms with E-state index >= 15 is 0 Å². The third-order valence-corrected chi connectivity index (χ3v) is 7.56. The molecule has 0 bridgehead atoms. The molecule has 3 rings (SSSR count). The zero-order valence-corrected chi connectivity index (χ0v) is 18.0. The summed E-state index contributed by atoms with van der Waals surface area (Å²) in [7, 11) is -0.902. The monoisotopic (exact) mass is 442 g/mol. The van der Waals surface area contributed by atoms with Gasteiger partial charge >= 0.3 is 0 Å². The maximum atomic E-state index is 13.4. The summed E-state index contributed by atoms with van der Waals surface area (Å²) in [5.41, 5.74) is 0.429. The zero-order chi connectivity index (χ0) is 21.9. The standard InChI is InChI=1S/C20H27FN2O6S/c1-28-12-14-5-6-15(13-29-2)23(14)30(26,27)16-7-8-18-17(11-16)19(24)20(25)22(18)10-4-3-9-21/h7-8,11,14-15H,3-6,9-10,12-13H2,1-2H3/t14-,15-/m0/s1. The molecule has 10 heteroatoms. The minimum atomic E-state index is -3.94. The molecule has 1 aromatic rings. The van der Waals surface area contributed by atoms with Crippen LogP contribution in [0.25, 0.3) is 0 Å². The summed E-state index contributed by atoms with van der Waals surface area (Å²) >= 11 is 0. The van der Waals surface area contributed by atoms with Crippen LogP contribution in [0.5, 0.6) is 0 Å².